The summed E-state index contributed by atoms with van der Waals surface area (Å²) in [6.45, 7) is 14.0. The first kappa shape index (κ1) is 73.8. The van der Waals surface area contributed by atoms with Gasteiger partial charge in [0.15, 0.2) is 0 Å². The van der Waals surface area contributed by atoms with Gasteiger partial charge in [0.1, 0.15) is 12.5 Å². The number of hydrogen-bond acceptors (Lipinski definition) is 13. The minimum absolute atomic E-state index is 0.0419. The van der Waals surface area contributed by atoms with Crippen molar-refractivity contribution < 1.29 is 44.2 Å². The summed E-state index contributed by atoms with van der Waals surface area (Å²) in [5.41, 5.74) is 0. The second-order valence-electron chi connectivity index (χ2n) is 23.1. The summed E-state index contributed by atoms with van der Waals surface area (Å²) >= 11 is 0. The van der Waals surface area contributed by atoms with Gasteiger partial charge in [-0.15, -0.1) is 0 Å². The zero-order chi connectivity index (χ0) is 56.5. The first-order valence-corrected chi connectivity index (χ1v) is 32.9. The van der Waals surface area contributed by atoms with Crippen molar-refractivity contribution in [1.82, 2.24) is 29.8 Å². The van der Waals surface area contributed by atoms with E-state index in [0.29, 0.717) is 91.3 Å². The first-order chi connectivity index (χ1) is 38.4. The van der Waals surface area contributed by atoms with Crippen LogP contribution in [0.15, 0.2) is 0 Å². The standard InChI is InChI=1S/C63H124N6O9/c1-3-5-7-9-11-13-15-17-19-21-23-25-27-31-35-39-43-69(44-40-36-32-28-26-24-22-20-18-16-14-12-10-8-6-4-2)63(73)57-64-62(72)42-38-34-30-29-33-37-41-61(71)58-67-49-47-65(53-55-77-74)45-46-66(54-56-78-75)48-51-68(52-50-67)59-76-60-70/h60,74-75H,3-59H2,1-2H3,(H,64,72). The fourth-order valence-corrected chi connectivity index (χ4v) is 10.9. The molecule has 0 aliphatic carbocycles. The van der Waals surface area contributed by atoms with E-state index >= 15 is 0 Å². The molecule has 0 radical (unpaired) electrons. The van der Waals surface area contributed by atoms with E-state index in [4.69, 9.17) is 15.3 Å². The molecule has 3 N–H and O–H groups in total. The number of unbranched alkanes of at least 4 members (excludes halogenated alkanes) is 35. The molecule has 1 saturated heterocycles. The third-order valence-corrected chi connectivity index (χ3v) is 16.1. The molecule has 0 spiro atoms. The number of amides is 2. The van der Waals surface area contributed by atoms with Crippen LogP contribution in [0.3, 0.4) is 0 Å². The molecular formula is C63H124N6O9. The van der Waals surface area contributed by atoms with Gasteiger partial charge in [0.05, 0.1) is 26.3 Å². The molecule has 460 valence electrons. The lowest BCUT2D eigenvalue weighted by molar-refractivity contribution is -0.245. The van der Waals surface area contributed by atoms with E-state index in [-0.39, 0.29) is 44.1 Å². The molecule has 15 nitrogen and oxygen atoms in total. The summed E-state index contributed by atoms with van der Waals surface area (Å²) in [7, 11) is 0. The van der Waals surface area contributed by atoms with Crippen molar-refractivity contribution in [3.05, 3.63) is 0 Å². The Balaban J connectivity index is 2.42. The van der Waals surface area contributed by atoms with Crippen LogP contribution in [0.4, 0.5) is 0 Å². The molecular weight excluding hydrogens is 985 g/mol. The van der Waals surface area contributed by atoms with Crippen molar-refractivity contribution in [3.8, 4) is 0 Å². The van der Waals surface area contributed by atoms with Crippen LogP contribution in [-0.4, -0.2) is 171 Å². The molecule has 0 aromatic heterocycles. The number of Topliss-reactive ketones (excluding diaryl/α,β-unsaturated/α-hetero) is 1. The number of ketones is 1. The SMILES string of the molecule is CCCCCCCCCCCCCCCCCCN(CCCCCCCCCCCCCCCCCC)C(=O)CNC(=O)CCCCCCCCC(=O)CN1CCN(CCOO)CCN(CCOO)CCN(COC=O)CC1. The molecule has 2 amide bonds. The fourth-order valence-electron chi connectivity index (χ4n) is 10.9. The van der Waals surface area contributed by atoms with E-state index in [0.717, 1.165) is 77.3 Å². The van der Waals surface area contributed by atoms with Crippen LogP contribution >= 0.6 is 0 Å². The zero-order valence-electron chi connectivity index (χ0n) is 50.9. The lowest BCUT2D eigenvalue weighted by Gasteiger charge is -2.33. The highest BCUT2D eigenvalue weighted by atomic mass is 17.1. The van der Waals surface area contributed by atoms with Gasteiger partial charge in [0.2, 0.25) is 11.8 Å². The van der Waals surface area contributed by atoms with Crippen LogP contribution in [0.5, 0.6) is 0 Å². The molecule has 0 aromatic carbocycles. The van der Waals surface area contributed by atoms with Crippen molar-refractivity contribution in [3.63, 3.8) is 0 Å². The second-order valence-corrected chi connectivity index (χ2v) is 23.1. The number of rotatable bonds is 56. The van der Waals surface area contributed by atoms with Crippen molar-refractivity contribution in [2.75, 3.05) is 112 Å². The molecule has 0 bridgehead atoms. The lowest BCUT2D eigenvalue weighted by Crippen LogP contribution is -2.48. The summed E-state index contributed by atoms with van der Waals surface area (Å²) < 4.78 is 5.11. The summed E-state index contributed by atoms with van der Waals surface area (Å²) in [6, 6.07) is 0. The van der Waals surface area contributed by atoms with Gasteiger partial charge < -0.3 is 15.0 Å². The van der Waals surface area contributed by atoms with E-state index in [9.17, 15) is 19.2 Å². The third-order valence-electron chi connectivity index (χ3n) is 16.1. The molecule has 78 heavy (non-hydrogen) atoms. The minimum Gasteiger partial charge on any atom is -0.452 e. The van der Waals surface area contributed by atoms with Crippen LogP contribution in [0.1, 0.15) is 271 Å². The van der Waals surface area contributed by atoms with Crippen molar-refractivity contribution in [2.24, 2.45) is 0 Å². The van der Waals surface area contributed by atoms with Crippen LogP contribution in [0.2, 0.25) is 0 Å². The normalized spacial score (nSPS) is 14.6. The van der Waals surface area contributed by atoms with Crippen LogP contribution in [0.25, 0.3) is 0 Å². The van der Waals surface area contributed by atoms with Gasteiger partial charge in [-0.2, -0.15) is 0 Å². The smallest absolute Gasteiger partial charge is 0.294 e. The van der Waals surface area contributed by atoms with E-state index < -0.39 is 0 Å². The number of nitrogens with one attached hydrogen (secondary N) is 1. The fraction of sp³-hybridized carbons (Fsp3) is 0.937. The predicted octanol–water partition coefficient (Wildman–Crippen LogP) is 13.5. The Morgan fingerprint density at radius 2 is 0.756 bits per heavy atom. The largest absolute Gasteiger partial charge is 0.452 e. The average molecular weight is 1110 g/mol. The summed E-state index contributed by atoms with van der Waals surface area (Å²) in [5.74, 6) is 0.223. The molecule has 1 fully saturated rings. The predicted molar refractivity (Wildman–Crippen MR) is 321 cm³/mol. The quantitative estimate of drug-likeness (QED) is 0.0228. The molecule has 0 unspecified atom stereocenters. The third kappa shape index (κ3) is 48.5. The Bertz CT molecular complexity index is 1300. The zero-order valence-corrected chi connectivity index (χ0v) is 50.9. The monoisotopic (exact) mass is 1110 g/mol. The van der Waals surface area contributed by atoms with Crippen LogP contribution in [0, 0.1) is 0 Å². The minimum atomic E-state index is -0.0419. The maximum absolute atomic E-state index is 13.5. The summed E-state index contributed by atoms with van der Waals surface area (Å²) in [6.07, 6.45) is 49.2. The van der Waals surface area contributed by atoms with E-state index in [1.165, 1.54) is 180 Å². The maximum atomic E-state index is 13.5. The Kier molecular flexibility index (Phi) is 54.8. The molecule has 1 aliphatic rings. The van der Waals surface area contributed by atoms with Gasteiger partial charge in [-0.1, -0.05) is 232 Å². The summed E-state index contributed by atoms with van der Waals surface area (Å²) in [4.78, 5) is 70.0. The molecule has 0 aromatic rings. The number of carbonyl (C=O) groups is 4. The van der Waals surface area contributed by atoms with Gasteiger partial charge in [0, 0.05) is 91.4 Å². The Morgan fingerprint density at radius 1 is 0.436 bits per heavy atom. The van der Waals surface area contributed by atoms with Gasteiger partial charge in [-0.25, -0.2) is 9.78 Å². The van der Waals surface area contributed by atoms with Gasteiger partial charge >= 0.3 is 0 Å². The van der Waals surface area contributed by atoms with E-state index in [2.05, 4.69) is 48.5 Å². The highest BCUT2D eigenvalue weighted by Gasteiger charge is 2.19. The lowest BCUT2D eigenvalue weighted by atomic mass is 10.0. The average Bonchev–Trinajstić information content (AvgIpc) is 3.44. The van der Waals surface area contributed by atoms with E-state index in [1.807, 2.05) is 4.90 Å². The first-order valence-electron chi connectivity index (χ1n) is 32.9. The summed E-state index contributed by atoms with van der Waals surface area (Å²) in [5, 5.41) is 20.9. The van der Waals surface area contributed by atoms with Gasteiger partial charge in [-0.3, -0.25) is 49.3 Å². The van der Waals surface area contributed by atoms with Crippen LogP contribution < -0.4 is 5.32 Å². The number of nitrogens with zero attached hydrogens (tertiary/aromatic N) is 5. The second kappa shape index (κ2) is 58.0. The van der Waals surface area contributed by atoms with Crippen molar-refractivity contribution in [2.45, 2.75) is 271 Å². The Morgan fingerprint density at radius 3 is 1.12 bits per heavy atom. The Labute approximate surface area is 478 Å². The number of carbonyl (C=O) groups excluding carboxylic acids is 4. The highest BCUT2D eigenvalue weighted by Crippen LogP contribution is 2.17. The van der Waals surface area contributed by atoms with Gasteiger partial charge in [-0.05, 0) is 25.7 Å². The Hall–Kier alpha value is -2.24. The van der Waals surface area contributed by atoms with Gasteiger partial charge in [0.25, 0.3) is 6.47 Å². The highest BCUT2D eigenvalue weighted by molar-refractivity contribution is 5.84. The molecule has 1 rings (SSSR count). The van der Waals surface area contributed by atoms with E-state index in [1.54, 1.807) is 0 Å². The topological polar surface area (TPSA) is 165 Å². The maximum Gasteiger partial charge on any atom is 0.294 e. The molecule has 1 aliphatic heterocycles. The van der Waals surface area contributed by atoms with Crippen LogP contribution in [-0.2, 0) is 33.7 Å². The number of hydrogen-bond donors (Lipinski definition) is 3. The molecule has 15 heteroatoms. The van der Waals surface area contributed by atoms with Crippen molar-refractivity contribution in [1.29, 1.82) is 0 Å². The molecule has 1 heterocycles. The number of ether oxygens (including phenoxy) is 1. The molecule has 0 saturated carbocycles. The molecule has 0 atom stereocenters. The van der Waals surface area contributed by atoms with Crippen molar-refractivity contribution >= 4 is 24.1 Å².